The summed E-state index contributed by atoms with van der Waals surface area (Å²) in [6.45, 7) is 2.69. The van der Waals surface area contributed by atoms with Gasteiger partial charge in [-0.05, 0) is 44.6 Å². The number of rotatable bonds is 3. The SMILES string of the molecule is CSc1cc(C(=O)N2CCCCC2C(C)N)c(Cl)cc1Cl. The van der Waals surface area contributed by atoms with Gasteiger partial charge in [-0.2, -0.15) is 0 Å². The van der Waals surface area contributed by atoms with E-state index in [2.05, 4.69) is 0 Å². The van der Waals surface area contributed by atoms with Crippen LogP contribution in [0.4, 0.5) is 0 Å². The van der Waals surface area contributed by atoms with Gasteiger partial charge in [-0.3, -0.25) is 4.79 Å². The van der Waals surface area contributed by atoms with Crippen LogP contribution in [0.1, 0.15) is 36.5 Å². The number of piperidine rings is 1. The first kappa shape index (κ1) is 16.9. The molecular weight excluding hydrogens is 327 g/mol. The highest BCUT2D eigenvalue weighted by Gasteiger charge is 2.31. The number of nitrogens with two attached hydrogens (primary N) is 1. The Kier molecular flexibility index (Phi) is 5.83. The quantitative estimate of drug-likeness (QED) is 0.839. The van der Waals surface area contributed by atoms with Crippen LogP contribution in [0.25, 0.3) is 0 Å². The molecule has 2 atom stereocenters. The Morgan fingerprint density at radius 3 is 2.71 bits per heavy atom. The fourth-order valence-electron chi connectivity index (χ4n) is 2.76. The van der Waals surface area contributed by atoms with E-state index in [-0.39, 0.29) is 18.0 Å². The second kappa shape index (κ2) is 7.23. The number of hydrogen-bond acceptors (Lipinski definition) is 3. The lowest BCUT2D eigenvalue weighted by Crippen LogP contribution is -2.51. The Morgan fingerprint density at radius 2 is 2.10 bits per heavy atom. The van der Waals surface area contributed by atoms with E-state index in [9.17, 15) is 4.79 Å². The van der Waals surface area contributed by atoms with Crippen LogP contribution in [-0.4, -0.2) is 35.7 Å². The molecule has 116 valence electrons. The standard InChI is InChI=1S/C15H20Cl2N2OS/c1-9(18)13-5-3-4-6-19(13)15(20)10-7-14(21-2)12(17)8-11(10)16/h7-9,13H,3-6,18H2,1-2H3. The summed E-state index contributed by atoms with van der Waals surface area (Å²) in [7, 11) is 0. The summed E-state index contributed by atoms with van der Waals surface area (Å²) in [5.41, 5.74) is 6.55. The first-order valence-corrected chi connectivity index (χ1v) is 9.03. The zero-order valence-electron chi connectivity index (χ0n) is 12.2. The lowest BCUT2D eigenvalue weighted by atomic mass is 9.96. The number of carbonyl (C=O) groups is 1. The van der Waals surface area contributed by atoms with Gasteiger partial charge in [0.15, 0.2) is 0 Å². The Bertz CT molecular complexity index is 537. The molecule has 0 aromatic heterocycles. The zero-order chi connectivity index (χ0) is 15.6. The highest BCUT2D eigenvalue weighted by atomic mass is 35.5. The summed E-state index contributed by atoms with van der Waals surface area (Å²) in [6.07, 6.45) is 5.00. The minimum Gasteiger partial charge on any atom is -0.334 e. The van der Waals surface area contributed by atoms with Crippen molar-refractivity contribution in [2.45, 2.75) is 43.2 Å². The molecule has 1 fully saturated rings. The van der Waals surface area contributed by atoms with Crippen LogP contribution in [0.15, 0.2) is 17.0 Å². The molecule has 2 rings (SSSR count). The number of likely N-dealkylation sites (tertiary alicyclic amines) is 1. The van der Waals surface area contributed by atoms with Gasteiger partial charge < -0.3 is 10.6 Å². The highest BCUT2D eigenvalue weighted by molar-refractivity contribution is 7.98. The smallest absolute Gasteiger partial charge is 0.255 e. The van der Waals surface area contributed by atoms with Gasteiger partial charge in [0.2, 0.25) is 0 Å². The molecule has 1 aliphatic rings. The molecule has 0 radical (unpaired) electrons. The maximum absolute atomic E-state index is 12.8. The molecule has 2 unspecified atom stereocenters. The number of nitrogens with zero attached hydrogens (tertiary/aromatic N) is 1. The van der Waals surface area contributed by atoms with E-state index < -0.39 is 0 Å². The molecule has 1 aromatic rings. The van der Waals surface area contributed by atoms with E-state index in [1.165, 1.54) is 11.8 Å². The largest absolute Gasteiger partial charge is 0.334 e. The third-order valence-electron chi connectivity index (χ3n) is 3.89. The first-order valence-electron chi connectivity index (χ1n) is 7.05. The molecular formula is C15H20Cl2N2OS. The fourth-order valence-corrected chi connectivity index (χ4v) is 3.95. The zero-order valence-corrected chi connectivity index (χ0v) is 14.6. The molecule has 2 N–H and O–H groups in total. The van der Waals surface area contributed by atoms with Crippen LogP contribution in [0.2, 0.25) is 10.0 Å². The molecule has 0 saturated carbocycles. The molecule has 1 aliphatic heterocycles. The summed E-state index contributed by atoms with van der Waals surface area (Å²) in [6, 6.07) is 3.47. The summed E-state index contributed by atoms with van der Waals surface area (Å²) < 4.78 is 0. The average molecular weight is 347 g/mol. The average Bonchev–Trinajstić information content (AvgIpc) is 2.46. The Balaban J connectivity index is 2.34. The molecule has 6 heteroatoms. The number of benzene rings is 1. The van der Waals surface area contributed by atoms with Crippen molar-refractivity contribution in [3.8, 4) is 0 Å². The van der Waals surface area contributed by atoms with Crippen LogP contribution in [0.3, 0.4) is 0 Å². The minimum absolute atomic E-state index is 0.0413. The van der Waals surface area contributed by atoms with E-state index >= 15 is 0 Å². The predicted octanol–water partition coefficient (Wildman–Crippen LogP) is 4.06. The number of hydrogen-bond donors (Lipinski definition) is 1. The Labute approximate surface area is 140 Å². The predicted molar refractivity (Wildman–Crippen MR) is 90.6 cm³/mol. The third kappa shape index (κ3) is 3.67. The molecule has 1 saturated heterocycles. The molecule has 1 amide bonds. The van der Waals surface area contributed by atoms with Crippen LogP contribution in [0.5, 0.6) is 0 Å². The van der Waals surface area contributed by atoms with Gasteiger partial charge in [-0.1, -0.05) is 23.2 Å². The van der Waals surface area contributed by atoms with E-state index in [0.717, 1.165) is 30.7 Å². The van der Waals surface area contributed by atoms with Crippen molar-refractivity contribution < 1.29 is 4.79 Å². The molecule has 1 heterocycles. The lowest BCUT2D eigenvalue weighted by Gasteiger charge is -2.38. The van der Waals surface area contributed by atoms with E-state index in [4.69, 9.17) is 28.9 Å². The summed E-state index contributed by atoms with van der Waals surface area (Å²) in [4.78, 5) is 15.6. The fraction of sp³-hybridized carbons (Fsp3) is 0.533. The minimum atomic E-state index is -0.0473. The van der Waals surface area contributed by atoms with Gasteiger partial charge in [0.05, 0.1) is 15.6 Å². The monoisotopic (exact) mass is 346 g/mol. The van der Waals surface area contributed by atoms with E-state index in [1.54, 1.807) is 12.1 Å². The van der Waals surface area contributed by atoms with E-state index in [0.29, 0.717) is 15.6 Å². The number of thioether (sulfide) groups is 1. The molecule has 21 heavy (non-hydrogen) atoms. The summed E-state index contributed by atoms with van der Waals surface area (Å²) in [5.74, 6) is -0.0473. The van der Waals surface area contributed by atoms with Crippen LogP contribution < -0.4 is 5.73 Å². The van der Waals surface area contributed by atoms with Gasteiger partial charge in [0.1, 0.15) is 0 Å². The van der Waals surface area contributed by atoms with Crippen molar-refractivity contribution in [2.75, 3.05) is 12.8 Å². The van der Waals surface area contributed by atoms with Crippen molar-refractivity contribution in [1.29, 1.82) is 0 Å². The van der Waals surface area contributed by atoms with Gasteiger partial charge in [-0.25, -0.2) is 0 Å². The van der Waals surface area contributed by atoms with Crippen molar-refractivity contribution in [2.24, 2.45) is 5.73 Å². The first-order chi connectivity index (χ1) is 9.95. The number of halogens is 2. The van der Waals surface area contributed by atoms with Gasteiger partial charge >= 0.3 is 0 Å². The van der Waals surface area contributed by atoms with Crippen molar-refractivity contribution >= 4 is 40.9 Å². The van der Waals surface area contributed by atoms with Crippen molar-refractivity contribution in [1.82, 2.24) is 4.90 Å². The number of amides is 1. The maximum Gasteiger partial charge on any atom is 0.255 e. The Hall–Kier alpha value is -0.420. The topological polar surface area (TPSA) is 46.3 Å². The van der Waals surface area contributed by atoms with Crippen LogP contribution in [-0.2, 0) is 0 Å². The molecule has 0 spiro atoms. The maximum atomic E-state index is 12.8. The van der Waals surface area contributed by atoms with Gasteiger partial charge in [0.25, 0.3) is 5.91 Å². The normalized spacial score (nSPS) is 20.4. The molecule has 1 aromatic carbocycles. The second-order valence-corrected chi connectivity index (χ2v) is 7.05. The van der Waals surface area contributed by atoms with Crippen molar-refractivity contribution in [3.05, 3.63) is 27.7 Å². The summed E-state index contributed by atoms with van der Waals surface area (Å²) >= 11 is 13.9. The Morgan fingerprint density at radius 1 is 1.38 bits per heavy atom. The van der Waals surface area contributed by atoms with Crippen molar-refractivity contribution in [3.63, 3.8) is 0 Å². The molecule has 0 aliphatic carbocycles. The van der Waals surface area contributed by atoms with Crippen LogP contribution in [0, 0.1) is 0 Å². The molecule has 0 bridgehead atoms. The van der Waals surface area contributed by atoms with E-state index in [1.807, 2.05) is 18.1 Å². The van der Waals surface area contributed by atoms with Crippen LogP contribution >= 0.6 is 35.0 Å². The highest BCUT2D eigenvalue weighted by Crippen LogP contribution is 2.33. The molecule has 3 nitrogen and oxygen atoms in total. The third-order valence-corrected chi connectivity index (χ3v) is 5.40. The number of carbonyl (C=O) groups excluding carboxylic acids is 1. The summed E-state index contributed by atoms with van der Waals surface area (Å²) in [5, 5.41) is 0.975. The van der Waals surface area contributed by atoms with Gasteiger partial charge in [-0.15, -0.1) is 11.8 Å². The second-order valence-electron chi connectivity index (χ2n) is 5.39. The lowest BCUT2D eigenvalue weighted by molar-refractivity contribution is 0.0584. The van der Waals surface area contributed by atoms with Gasteiger partial charge in [0, 0.05) is 23.5 Å².